The van der Waals surface area contributed by atoms with Crippen LogP contribution in [0, 0.1) is 0 Å². The van der Waals surface area contributed by atoms with Crippen molar-refractivity contribution in [3.8, 4) is 0 Å². The van der Waals surface area contributed by atoms with Gasteiger partial charge >= 0.3 is 0 Å². The van der Waals surface area contributed by atoms with Crippen molar-refractivity contribution in [1.82, 2.24) is 9.88 Å². The Kier molecular flexibility index (Phi) is 5.86. The van der Waals surface area contributed by atoms with Crippen LogP contribution in [0.4, 0.5) is 5.13 Å². The van der Waals surface area contributed by atoms with Gasteiger partial charge in [0.05, 0.1) is 4.90 Å². The second kappa shape index (κ2) is 8.24. The van der Waals surface area contributed by atoms with Gasteiger partial charge in [0.25, 0.3) is 0 Å². The molecule has 2 aliphatic rings. The topological polar surface area (TPSA) is 70.6 Å². The molecule has 0 bridgehead atoms. The molecule has 0 atom stereocenters. The average Bonchev–Trinajstić information content (AvgIpc) is 3.37. The number of hydrogen-bond acceptors (Lipinski definition) is 6. The number of aromatic nitrogens is 1. The first kappa shape index (κ1) is 20.6. The van der Waals surface area contributed by atoms with E-state index in [0.29, 0.717) is 37.5 Å². The molecule has 1 aliphatic carbocycles. The number of nitrogens with zero attached hydrogens (tertiary/aromatic N) is 3. The highest BCUT2D eigenvalue weighted by Gasteiger charge is 2.54. The molecule has 1 aromatic heterocycles. The van der Waals surface area contributed by atoms with Crippen LogP contribution in [-0.4, -0.2) is 55.1 Å². The highest BCUT2D eigenvalue weighted by Crippen LogP contribution is 2.42. The first-order valence-electron chi connectivity index (χ1n) is 9.88. The van der Waals surface area contributed by atoms with Crippen LogP contribution in [-0.2, 0) is 14.6 Å². The predicted octanol–water partition coefficient (Wildman–Crippen LogP) is 3.62. The van der Waals surface area contributed by atoms with Crippen molar-refractivity contribution in [2.45, 2.75) is 41.7 Å². The van der Waals surface area contributed by atoms with Crippen LogP contribution in [0.5, 0.6) is 0 Å². The van der Waals surface area contributed by atoms with E-state index >= 15 is 0 Å². The highest BCUT2D eigenvalue weighted by atomic mass is 35.5. The fraction of sp³-hybridized carbons (Fsp3) is 0.500. The molecule has 1 saturated carbocycles. The zero-order chi connectivity index (χ0) is 20.5. The van der Waals surface area contributed by atoms with Crippen LogP contribution >= 0.6 is 22.9 Å². The second-order valence-electron chi connectivity index (χ2n) is 7.61. The smallest absolute Gasteiger partial charge is 0.244 e. The summed E-state index contributed by atoms with van der Waals surface area (Å²) in [5.74, 6) is -0.245. The molecule has 29 heavy (non-hydrogen) atoms. The van der Waals surface area contributed by atoms with Crippen molar-refractivity contribution in [1.29, 1.82) is 0 Å². The molecule has 4 rings (SSSR count). The number of amides is 1. The SMILES string of the molecule is O=C(N1CCCN(c2nccs2)CC1)C1(S(=O)(=O)c2ccc(Cl)cc2)CCCC1. The van der Waals surface area contributed by atoms with Gasteiger partial charge in [-0.05, 0) is 43.5 Å². The minimum atomic E-state index is -3.81. The van der Waals surface area contributed by atoms with Crippen LogP contribution in [0.1, 0.15) is 32.1 Å². The minimum Gasteiger partial charge on any atom is -0.346 e. The van der Waals surface area contributed by atoms with E-state index in [-0.39, 0.29) is 10.8 Å². The lowest BCUT2D eigenvalue weighted by Gasteiger charge is -2.33. The van der Waals surface area contributed by atoms with Crippen molar-refractivity contribution in [3.63, 3.8) is 0 Å². The van der Waals surface area contributed by atoms with Gasteiger partial charge in [-0.25, -0.2) is 13.4 Å². The summed E-state index contributed by atoms with van der Waals surface area (Å²) in [4.78, 5) is 22.1. The van der Waals surface area contributed by atoms with E-state index in [2.05, 4.69) is 9.88 Å². The third kappa shape index (κ3) is 3.78. The van der Waals surface area contributed by atoms with E-state index in [1.807, 2.05) is 5.38 Å². The van der Waals surface area contributed by atoms with Crippen LogP contribution in [0.25, 0.3) is 0 Å². The fourth-order valence-corrected chi connectivity index (χ4v) is 7.31. The Labute approximate surface area is 180 Å². The number of hydrogen-bond donors (Lipinski definition) is 0. The van der Waals surface area contributed by atoms with Gasteiger partial charge in [0.1, 0.15) is 0 Å². The zero-order valence-electron chi connectivity index (χ0n) is 16.1. The van der Waals surface area contributed by atoms with Crippen LogP contribution < -0.4 is 4.90 Å². The van der Waals surface area contributed by atoms with E-state index in [1.54, 1.807) is 34.6 Å². The van der Waals surface area contributed by atoms with Gasteiger partial charge in [-0.1, -0.05) is 24.4 Å². The Balaban J connectivity index is 1.60. The molecule has 156 valence electrons. The standard InChI is InChI=1S/C20H24ClN3O3S2/c21-16-4-6-17(7-5-16)29(26,27)20(8-1-2-9-20)18(25)23-11-3-12-24(14-13-23)19-22-10-15-28-19/h4-7,10,15H,1-3,8-9,11-14H2. The number of carbonyl (C=O) groups is 1. The maximum atomic E-state index is 13.6. The van der Waals surface area contributed by atoms with Crippen LogP contribution in [0.3, 0.4) is 0 Å². The lowest BCUT2D eigenvalue weighted by molar-refractivity contribution is -0.133. The van der Waals surface area contributed by atoms with Crippen LogP contribution in [0.15, 0.2) is 40.7 Å². The van der Waals surface area contributed by atoms with Crippen molar-refractivity contribution in [2.75, 3.05) is 31.1 Å². The maximum absolute atomic E-state index is 13.6. The minimum absolute atomic E-state index is 0.177. The predicted molar refractivity (Wildman–Crippen MR) is 115 cm³/mol. The molecule has 1 amide bonds. The Morgan fingerprint density at radius 2 is 1.76 bits per heavy atom. The van der Waals surface area contributed by atoms with Gasteiger partial charge in [-0.15, -0.1) is 11.3 Å². The monoisotopic (exact) mass is 453 g/mol. The molecular weight excluding hydrogens is 430 g/mol. The van der Waals surface area contributed by atoms with Crippen molar-refractivity contribution < 1.29 is 13.2 Å². The lowest BCUT2D eigenvalue weighted by atomic mass is 10.1. The number of halogens is 1. The Morgan fingerprint density at radius 3 is 2.41 bits per heavy atom. The maximum Gasteiger partial charge on any atom is 0.244 e. The summed E-state index contributed by atoms with van der Waals surface area (Å²) < 4.78 is 25.8. The average molecular weight is 454 g/mol. The number of anilines is 1. The lowest BCUT2D eigenvalue weighted by Crippen LogP contribution is -2.53. The van der Waals surface area contributed by atoms with Gasteiger partial charge in [0.2, 0.25) is 5.91 Å². The van der Waals surface area contributed by atoms with Crippen molar-refractivity contribution >= 4 is 43.8 Å². The first-order valence-corrected chi connectivity index (χ1v) is 12.6. The van der Waals surface area contributed by atoms with E-state index < -0.39 is 14.6 Å². The van der Waals surface area contributed by atoms with Crippen molar-refractivity contribution in [3.05, 3.63) is 40.9 Å². The third-order valence-corrected chi connectivity index (χ3v) is 9.50. The zero-order valence-corrected chi connectivity index (χ0v) is 18.5. The van der Waals surface area contributed by atoms with Gasteiger partial charge in [0.15, 0.2) is 19.7 Å². The number of sulfone groups is 1. The third-order valence-electron chi connectivity index (χ3n) is 5.91. The molecule has 0 unspecified atom stereocenters. The summed E-state index contributed by atoms with van der Waals surface area (Å²) >= 11 is 7.52. The highest BCUT2D eigenvalue weighted by molar-refractivity contribution is 7.93. The molecule has 0 radical (unpaired) electrons. The summed E-state index contributed by atoms with van der Waals surface area (Å²) in [5, 5.41) is 3.37. The molecule has 1 saturated heterocycles. The normalized spacial score (nSPS) is 19.9. The fourth-order valence-electron chi connectivity index (χ4n) is 4.36. The van der Waals surface area contributed by atoms with Gasteiger partial charge < -0.3 is 9.80 Å². The Hall–Kier alpha value is -1.64. The van der Waals surface area contributed by atoms with Crippen molar-refractivity contribution in [2.24, 2.45) is 0 Å². The molecule has 9 heteroatoms. The van der Waals surface area contributed by atoms with Gasteiger partial charge in [0, 0.05) is 42.8 Å². The summed E-state index contributed by atoms with van der Waals surface area (Å²) in [6, 6.07) is 6.16. The van der Waals surface area contributed by atoms with E-state index in [4.69, 9.17) is 11.6 Å². The first-order chi connectivity index (χ1) is 13.9. The molecule has 2 fully saturated rings. The van der Waals surface area contributed by atoms with E-state index in [9.17, 15) is 13.2 Å². The largest absolute Gasteiger partial charge is 0.346 e. The second-order valence-corrected chi connectivity index (χ2v) is 11.2. The Morgan fingerprint density at radius 1 is 1.03 bits per heavy atom. The number of benzene rings is 1. The summed E-state index contributed by atoms with van der Waals surface area (Å²) in [6.07, 6.45) is 4.82. The van der Waals surface area contributed by atoms with Gasteiger partial charge in [-0.3, -0.25) is 4.79 Å². The molecule has 2 heterocycles. The molecule has 0 N–H and O–H groups in total. The molecular formula is C20H24ClN3O3S2. The van der Waals surface area contributed by atoms with E-state index in [0.717, 1.165) is 30.9 Å². The summed E-state index contributed by atoms with van der Waals surface area (Å²) in [5.41, 5.74) is 0. The molecule has 2 aromatic rings. The van der Waals surface area contributed by atoms with Crippen LogP contribution in [0.2, 0.25) is 5.02 Å². The van der Waals surface area contributed by atoms with Gasteiger partial charge in [-0.2, -0.15) is 0 Å². The number of thiazole rings is 1. The number of rotatable bonds is 4. The molecule has 1 aromatic carbocycles. The summed E-state index contributed by atoms with van der Waals surface area (Å²) in [7, 11) is -3.81. The summed E-state index contributed by atoms with van der Waals surface area (Å²) in [6.45, 7) is 2.56. The Bertz CT molecular complexity index is 955. The number of carbonyl (C=O) groups excluding carboxylic acids is 1. The molecule has 1 aliphatic heterocycles. The molecule has 6 nitrogen and oxygen atoms in total. The van der Waals surface area contributed by atoms with E-state index in [1.165, 1.54) is 12.1 Å². The molecule has 0 spiro atoms. The quantitative estimate of drug-likeness (QED) is 0.707.